The number of hydrogen-bond donors (Lipinski definition) is 3. The zero-order valence-electron chi connectivity index (χ0n) is 16.2. The van der Waals surface area contributed by atoms with Gasteiger partial charge in [-0.05, 0) is 36.4 Å². The SMILES string of the molecule is Cc1nc(-c2ccc(C(=O)Nc3ccnc(CNc4cccnc4N)c3)cc2)no1. The molecule has 1 aromatic carbocycles. The van der Waals surface area contributed by atoms with Crippen LogP contribution in [0, 0.1) is 6.92 Å². The predicted octanol–water partition coefficient (Wildman–Crippen LogP) is 3.28. The molecule has 0 aliphatic heterocycles. The molecule has 4 N–H and O–H groups in total. The molecule has 3 aromatic heterocycles. The van der Waals surface area contributed by atoms with Gasteiger partial charge in [0.25, 0.3) is 5.91 Å². The summed E-state index contributed by atoms with van der Waals surface area (Å²) in [5, 5.41) is 9.93. The van der Waals surface area contributed by atoms with Crippen LogP contribution in [0.2, 0.25) is 0 Å². The second-order valence-electron chi connectivity index (χ2n) is 6.49. The predicted molar refractivity (Wildman–Crippen MR) is 113 cm³/mol. The van der Waals surface area contributed by atoms with Crippen molar-refractivity contribution in [1.82, 2.24) is 20.1 Å². The molecule has 0 aliphatic carbocycles. The lowest BCUT2D eigenvalue weighted by molar-refractivity contribution is 0.102. The van der Waals surface area contributed by atoms with Crippen LogP contribution in [0.5, 0.6) is 0 Å². The summed E-state index contributed by atoms with van der Waals surface area (Å²) in [7, 11) is 0. The van der Waals surface area contributed by atoms with Crippen LogP contribution in [0.4, 0.5) is 17.2 Å². The van der Waals surface area contributed by atoms with Crippen molar-refractivity contribution < 1.29 is 9.32 Å². The third-order valence-corrected chi connectivity index (χ3v) is 4.31. The Morgan fingerprint density at radius 3 is 2.67 bits per heavy atom. The van der Waals surface area contributed by atoms with E-state index < -0.39 is 0 Å². The Balaban J connectivity index is 1.41. The largest absolute Gasteiger partial charge is 0.382 e. The van der Waals surface area contributed by atoms with Crippen LogP contribution in [-0.2, 0) is 6.54 Å². The van der Waals surface area contributed by atoms with Gasteiger partial charge in [-0.1, -0.05) is 17.3 Å². The maximum atomic E-state index is 12.6. The third kappa shape index (κ3) is 4.41. The van der Waals surface area contributed by atoms with E-state index in [1.54, 1.807) is 61.8 Å². The molecule has 30 heavy (non-hydrogen) atoms. The number of rotatable bonds is 6. The van der Waals surface area contributed by atoms with Crippen molar-refractivity contribution in [3.8, 4) is 11.4 Å². The minimum atomic E-state index is -0.229. The van der Waals surface area contributed by atoms with Crippen LogP contribution >= 0.6 is 0 Å². The number of nitrogen functional groups attached to an aromatic ring is 1. The highest BCUT2D eigenvalue weighted by molar-refractivity contribution is 6.04. The highest BCUT2D eigenvalue weighted by atomic mass is 16.5. The lowest BCUT2D eigenvalue weighted by atomic mass is 10.1. The van der Waals surface area contributed by atoms with Crippen LogP contribution < -0.4 is 16.4 Å². The maximum Gasteiger partial charge on any atom is 0.255 e. The van der Waals surface area contributed by atoms with Gasteiger partial charge in [0.1, 0.15) is 5.82 Å². The van der Waals surface area contributed by atoms with Crippen LogP contribution in [-0.4, -0.2) is 26.0 Å². The number of hydrogen-bond acceptors (Lipinski definition) is 8. The summed E-state index contributed by atoms with van der Waals surface area (Å²) in [6, 6.07) is 14.2. The molecular weight excluding hydrogens is 382 g/mol. The van der Waals surface area contributed by atoms with Crippen molar-refractivity contribution in [2.45, 2.75) is 13.5 Å². The van der Waals surface area contributed by atoms with Gasteiger partial charge in [-0.25, -0.2) is 4.98 Å². The summed E-state index contributed by atoms with van der Waals surface area (Å²) in [5.41, 5.74) is 9.23. The average molecular weight is 401 g/mol. The van der Waals surface area contributed by atoms with E-state index in [1.165, 1.54) is 0 Å². The molecule has 9 nitrogen and oxygen atoms in total. The molecule has 0 fully saturated rings. The number of aryl methyl sites for hydroxylation is 1. The highest BCUT2D eigenvalue weighted by Crippen LogP contribution is 2.18. The molecule has 4 aromatic rings. The van der Waals surface area contributed by atoms with Gasteiger partial charge in [0.2, 0.25) is 11.7 Å². The Hall–Kier alpha value is -4.27. The minimum Gasteiger partial charge on any atom is -0.382 e. The van der Waals surface area contributed by atoms with Gasteiger partial charge < -0.3 is 20.9 Å². The van der Waals surface area contributed by atoms with E-state index in [0.717, 1.165) is 16.9 Å². The second kappa shape index (κ2) is 8.39. The van der Waals surface area contributed by atoms with Crippen molar-refractivity contribution in [2.24, 2.45) is 0 Å². The van der Waals surface area contributed by atoms with Crippen LogP contribution in [0.15, 0.2) is 65.4 Å². The van der Waals surface area contributed by atoms with Gasteiger partial charge in [0.05, 0.1) is 17.9 Å². The van der Waals surface area contributed by atoms with E-state index in [2.05, 4.69) is 30.7 Å². The number of carbonyl (C=O) groups is 1. The number of anilines is 3. The molecule has 0 bridgehead atoms. The Labute approximate surface area is 172 Å². The fraction of sp³-hybridized carbons (Fsp3) is 0.0952. The first-order valence-electron chi connectivity index (χ1n) is 9.20. The smallest absolute Gasteiger partial charge is 0.255 e. The summed E-state index contributed by atoms with van der Waals surface area (Å²) in [4.78, 5) is 25.1. The standard InChI is InChI=1S/C21H19N7O2/c1-13-26-20(28-30-13)14-4-6-15(7-5-14)21(29)27-16-8-10-23-17(11-16)12-25-18-3-2-9-24-19(18)22/h2-11,25H,12H2,1H3,(H2,22,24)(H,23,27,29). The van der Waals surface area contributed by atoms with Gasteiger partial charge in [-0.15, -0.1) is 0 Å². The molecule has 0 aliphatic rings. The summed E-state index contributed by atoms with van der Waals surface area (Å²) in [6.45, 7) is 2.17. The van der Waals surface area contributed by atoms with Crippen molar-refractivity contribution in [3.63, 3.8) is 0 Å². The lowest BCUT2D eigenvalue weighted by Gasteiger charge is -2.10. The third-order valence-electron chi connectivity index (χ3n) is 4.31. The maximum absolute atomic E-state index is 12.6. The van der Waals surface area contributed by atoms with E-state index in [-0.39, 0.29) is 5.91 Å². The Kier molecular flexibility index (Phi) is 5.33. The number of nitrogens with two attached hydrogens (primary N) is 1. The monoisotopic (exact) mass is 401 g/mol. The molecule has 0 spiro atoms. The zero-order chi connectivity index (χ0) is 20.9. The lowest BCUT2D eigenvalue weighted by Crippen LogP contribution is -2.12. The normalized spacial score (nSPS) is 10.6. The summed E-state index contributed by atoms with van der Waals surface area (Å²) in [5.74, 6) is 1.16. The van der Waals surface area contributed by atoms with Crippen LogP contribution in [0.3, 0.4) is 0 Å². The Bertz CT molecular complexity index is 1170. The van der Waals surface area contributed by atoms with Gasteiger partial charge >= 0.3 is 0 Å². The van der Waals surface area contributed by atoms with Crippen LogP contribution in [0.1, 0.15) is 21.9 Å². The molecule has 0 saturated heterocycles. The summed E-state index contributed by atoms with van der Waals surface area (Å²) < 4.78 is 4.98. The van der Waals surface area contributed by atoms with Gasteiger partial charge in [-0.3, -0.25) is 9.78 Å². The van der Waals surface area contributed by atoms with E-state index in [0.29, 0.717) is 35.3 Å². The van der Waals surface area contributed by atoms with Crippen molar-refractivity contribution in [1.29, 1.82) is 0 Å². The molecule has 0 radical (unpaired) electrons. The number of amides is 1. The Morgan fingerprint density at radius 2 is 1.93 bits per heavy atom. The quantitative estimate of drug-likeness (QED) is 0.448. The number of carbonyl (C=O) groups excluding carboxylic acids is 1. The van der Waals surface area contributed by atoms with Crippen molar-refractivity contribution in [2.75, 3.05) is 16.4 Å². The van der Waals surface area contributed by atoms with Gasteiger partial charge in [0.15, 0.2) is 0 Å². The van der Waals surface area contributed by atoms with Crippen LogP contribution in [0.25, 0.3) is 11.4 Å². The average Bonchev–Trinajstić information content (AvgIpc) is 3.20. The molecule has 9 heteroatoms. The second-order valence-corrected chi connectivity index (χ2v) is 6.49. The van der Waals surface area contributed by atoms with Gasteiger partial charge in [0, 0.05) is 36.1 Å². The van der Waals surface area contributed by atoms with E-state index in [1.807, 2.05) is 6.07 Å². The minimum absolute atomic E-state index is 0.229. The van der Waals surface area contributed by atoms with Crippen molar-refractivity contribution in [3.05, 3.63) is 78.1 Å². The zero-order valence-corrected chi connectivity index (χ0v) is 16.2. The molecule has 3 heterocycles. The first-order valence-corrected chi connectivity index (χ1v) is 9.20. The van der Waals surface area contributed by atoms with Crippen molar-refractivity contribution >= 4 is 23.1 Å². The summed E-state index contributed by atoms with van der Waals surface area (Å²) >= 11 is 0. The highest BCUT2D eigenvalue weighted by Gasteiger charge is 2.10. The van der Waals surface area contributed by atoms with E-state index >= 15 is 0 Å². The van der Waals surface area contributed by atoms with E-state index in [9.17, 15) is 4.79 Å². The van der Waals surface area contributed by atoms with Gasteiger partial charge in [-0.2, -0.15) is 4.98 Å². The number of pyridine rings is 2. The molecule has 1 amide bonds. The first kappa shape index (κ1) is 19.1. The molecule has 0 atom stereocenters. The van der Waals surface area contributed by atoms with E-state index in [4.69, 9.17) is 10.3 Å². The fourth-order valence-electron chi connectivity index (χ4n) is 2.80. The molecular formula is C21H19N7O2. The number of aromatic nitrogens is 4. The summed E-state index contributed by atoms with van der Waals surface area (Å²) in [6.07, 6.45) is 3.27. The molecule has 150 valence electrons. The molecule has 0 unspecified atom stereocenters. The number of benzene rings is 1. The topological polar surface area (TPSA) is 132 Å². The molecule has 0 saturated carbocycles. The number of nitrogens with zero attached hydrogens (tertiary/aromatic N) is 4. The number of nitrogens with one attached hydrogen (secondary N) is 2. The Morgan fingerprint density at radius 1 is 1.10 bits per heavy atom. The first-order chi connectivity index (χ1) is 14.6. The fourth-order valence-corrected chi connectivity index (χ4v) is 2.80. The molecule has 4 rings (SSSR count).